The molecule has 1 spiro atoms. The third-order valence-corrected chi connectivity index (χ3v) is 8.74. The molecule has 0 amide bonds. The Morgan fingerprint density at radius 1 is 1.09 bits per heavy atom. The van der Waals surface area contributed by atoms with Gasteiger partial charge in [-0.05, 0) is 53.1 Å². The van der Waals surface area contributed by atoms with E-state index in [0.29, 0.717) is 18.6 Å². The fraction of sp³-hybridized carbons (Fsp3) is 0.500. The van der Waals surface area contributed by atoms with E-state index in [2.05, 4.69) is 30.0 Å². The van der Waals surface area contributed by atoms with Crippen molar-refractivity contribution >= 4 is 5.78 Å². The van der Waals surface area contributed by atoms with Gasteiger partial charge in [-0.15, -0.1) is 0 Å². The molecule has 32 heavy (non-hydrogen) atoms. The number of carbonyl (C=O) groups is 1. The largest absolute Gasteiger partial charge is 0.493 e. The van der Waals surface area contributed by atoms with Crippen LogP contribution in [0.3, 0.4) is 0 Å². The summed E-state index contributed by atoms with van der Waals surface area (Å²) in [6.07, 6.45) is 3.08. The first kappa shape index (κ1) is 18.8. The van der Waals surface area contributed by atoms with Crippen molar-refractivity contribution in [3.8, 4) is 23.0 Å². The average molecular weight is 434 g/mol. The maximum atomic E-state index is 13.3. The topological polar surface area (TPSA) is 57.2 Å². The van der Waals surface area contributed by atoms with Crippen LogP contribution in [0.15, 0.2) is 24.3 Å². The average Bonchev–Trinajstić information content (AvgIpc) is 3.23. The van der Waals surface area contributed by atoms with Crippen LogP contribution < -0.4 is 18.9 Å². The molecule has 0 radical (unpaired) electrons. The standard InChI is InChI=1S/C26H27NO5/c1-25-10-15(28)11-26-17-9-21-20(31-13-32-21)8-14(17)6-7-27(26)18(12-25)22-16(24(25)26)4-5-19(29-2)23(22)30-3/h4-5,8-9,18,24H,6-7,10-13H2,1-3H3. The Morgan fingerprint density at radius 3 is 2.69 bits per heavy atom. The zero-order valence-corrected chi connectivity index (χ0v) is 18.7. The number of fused-ring (bicyclic) bond motifs is 2. The lowest BCUT2D eigenvalue weighted by Crippen LogP contribution is -2.68. The van der Waals surface area contributed by atoms with Crippen molar-refractivity contribution in [1.29, 1.82) is 0 Å². The molecular weight excluding hydrogens is 406 g/mol. The predicted molar refractivity (Wildman–Crippen MR) is 117 cm³/mol. The first-order chi connectivity index (χ1) is 15.5. The van der Waals surface area contributed by atoms with Gasteiger partial charge in [0, 0.05) is 36.9 Å². The molecule has 166 valence electrons. The number of carbonyl (C=O) groups excluding carboxylic acids is 1. The molecule has 6 heteroatoms. The highest BCUT2D eigenvalue weighted by atomic mass is 16.7. The van der Waals surface area contributed by atoms with Crippen LogP contribution in [0.5, 0.6) is 23.0 Å². The third-order valence-electron chi connectivity index (χ3n) is 8.74. The molecule has 0 aromatic heterocycles. The van der Waals surface area contributed by atoms with Gasteiger partial charge in [0.05, 0.1) is 19.8 Å². The first-order valence-electron chi connectivity index (χ1n) is 11.5. The van der Waals surface area contributed by atoms with Crippen LogP contribution in [-0.4, -0.2) is 38.2 Å². The number of ketones is 1. The van der Waals surface area contributed by atoms with Gasteiger partial charge in [0.2, 0.25) is 6.79 Å². The van der Waals surface area contributed by atoms with E-state index < -0.39 is 0 Å². The van der Waals surface area contributed by atoms with E-state index in [9.17, 15) is 4.79 Å². The molecule has 2 aliphatic carbocycles. The summed E-state index contributed by atoms with van der Waals surface area (Å²) in [5.74, 6) is 3.81. The Balaban J connectivity index is 1.54. The van der Waals surface area contributed by atoms with Gasteiger partial charge in [0.15, 0.2) is 23.0 Å². The van der Waals surface area contributed by atoms with E-state index in [1.54, 1.807) is 14.2 Å². The SMILES string of the molecule is COc1ccc2c(c1OC)C1CC3(C)CC(=O)CC4(c5cc6c(cc5CCN14)OCO6)C23. The molecule has 4 aliphatic heterocycles. The predicted octanol–water partition coefficient (Wildman–Crippen LogP) is 4.10. The van der Waals surface area contributed by atoms with E-state index in [-0.39, 0.29) is 29.7 Å². The second kappa shape index (κ2) is 5.98. The molecule has 4 atom stereocenters. The summed E-state index contributed by atoms with van der Waals surface area (Å²) in [5.41, 5.74) is 4.67. The third kappa shape index (κ3) is 2.03. The maximum absolute atomic E-state index is 13.3. The molecule has 1 saturated heterocycles. The minimum Gasteiger partial charge on any atom is -0.493 e. The number of methoxy groups -OCH3 is 2. The van der Waals surface area contributed by atoms with Gasteiger partial charge < -0.3 is 18.9 Å². The Morgan fingerprint density at radius 2 is 1.91 bits per heavy atom. The van der Waals surface area contributed by atoms with Crippen LogP contribution in [-0.2, 0) is 16.8 Å². The summed E-state index contributed by atoms with van der Waals surface area (Å²) in [6, 6.07) is 8.77. The number of hydrogen-bond donors (Lipinski definition) is 0. The van der Waals surface area contributed by atoms with Crippen LogP contribution >= 0.6 is 0 Å². The van der Waals surface area contributed by atoms with E-state index in [1.807, 2.05) is 6.07 Å². The highest BCUT2D eigenvalue weighted by Gasteiger charge is 2.68. The lowest BCUT2D eigenvalue weighted by molar-refractivity contribution is -0.160. The van der Waals surface area contributed by atoms with Crippen molar-refractivity contribution in [2.75, 3.05) is 27.6 Å². The summed E-state index contributed by atoms with van der Waals surface area (Å²) < 4.78 is 23.0. The molecular formula is C26H27NO5. The van der Waals surface area contributed by atoms with Crippen molar-refractivity contribution in [2.24, 2.45) is 5.41 Å². The molecule has 6 aliphatic rings. The number of rotatable bonds is 2. The highest BCUT2D eigenvalue weighted by molar-refractivity contribution is 5.84. The lowest BCUT2D eigenvalue weighted by atomic mass is 9.44. The lowest BCUT2D eigenvalue weighted by Gasteiger charge is -2.70. The molecule has 1 saturated carbocycles. The van der Waals surface area contributed by atoms with Crippen molar-refractivity contribution in [1.82, 2.24) is 4.90 Å². The molecule has 2 aromatic rings. The zero-order valence-electron chi connectivity index (χ0n) is 18.7. The fourth-order valence-electron chi connectivity index (χ4n) is 7.93. The number of Topliss-reactive ketones (excluding diaryl/α,β-unsaturated/α-hetero) is 1. The molecule has 4 heterocycles. The zero-order chi connectivity index (χ0) is 21.8. The minimum absolute atomic E-state index is 0.0892. The number of benzene rings is 2. The van der Waals surface area contributed by atoms with Crippen molar-refractivity contribution < 1.29 is 23.7 Å². The number of nitrogens with zero attached hydrogens (tertiary/aromatic N) is 1. The molecule has 8 rings (SSSR count). The van der Waals surface area contributed by atoms with Crippen LogP contribution in [0, 0.1) is 5.41 Å². The molecule has 6 nitrogen and oxygen atoms in total. The summed E-state index contributed by atoms with van der Waals surface area (Å²) in [7, 11) is 3.43. The summed E-state index contributed by atoms with van der Waals surface area (Å²) in [5, 5.41) is 0. The van der Waals surface area contributed by atoms with Gasteiger partial charge in [-0.2, -0.15) is 0 Å². The Hall–Kier alpha value is -2.73. The van der Waals surface area contributed by atoms with Crippen molar-refractivity contribution in [3.63, 3.8) is 0 Å². The van der Waals surface area contributed by atoms with Gasteiger partial charge in [-0.1, -0.05) is 13.0 Å². The maximum Gasteiger partial charge on any atom is 0.231 e. The van der Waals surface area contributed by atoms with E-state index in [1.165, 1.54) is 22.3 Å². The number of hydrogen-bond acceptors (Lipinski definition) is 6. The summed E-state index contributed by atoms with van der Waals surface area (Å²) in [6.45, 7) is 3.50. The molecule has 4 bridgehead atoms. The first-order valence-corrected chi connectivity index (χ1v) is 11.5. The van der Waals surface area contributed by atoms with Gasteiger partial charge in [0.25, 0.3) is 0 Å². The van der Waals surface area contributed by atoms with Crippen molar-refractivity contribution in [3.05, 3.63) is 46.5 Å². The Bertz CT molecular complexity index is 1190. The van der Waals surface area contributed by atoms with E-state index in [4.69, 9.17) is 18.9 Å². The highest BCUT2D eigenvalue weighted by Crippen LogP contribution is 2.73. The monoisotopic (exact) mass is 433 g/mol. The Labute approximate surface area is 187 Å². The van der Waals surface area contributed by atoms with Gasteiger partial charge in [-0.3, -0.25) is 9.69 Å². The van der Waals surface area contributed by atoms with Crippen LogP contribution in [0.1, 0.15) is 60.4 Å². The molecule has 2 aromatic carbocycles. The van der Waals surface area contributed by atoms with Crippen LogP contribution in [0.2, 0.25) is 0 Å². The Kier molecular flexibility index (Phi) is 3.52. The molecule has 0 N–H and O–H groups in total. The molecule has 2 fully saturated rings. The van der Waals surface area contributed by atoms with Gasteiger partial charge in [0.1, 0.15) is 5.78 Å². The fourth-order valence-corrected chi connectivity index (χ4v) is 7.93. The van der Waals surface area contributed by atoms with E-state index >= 15 is 0 Å². The summed E-state index contributed by atoms with van der Waals surface area (Å²) >= 11 is 0. The van der Waals surface area contributed by atoms with Gasteiger partial charge >= 0.3 is 0 Å². The van der Waals surface area contributed by atoms with Crippen LogP contribution in [0.4, 0.5) is 0 Å². The quantitative estimate of drug-likeness (QED) is 0.711. The normalized spacial score (nSPS) is 33.4. The second-order valence-corrected chi connectivity index (χ2v) is 10.2. The van der Waals surface area contributed by atoms with E-state index in [0.717, 1.165) is 42.4 Å². The number of piperidine rings is 1. The number of ether oxygens (including phenoxy) is 4. The molecule has 4 unspecified atom stereocenters. The van der Waals surface area contributed by atoms with Crippen molar-refractivity contribution in [2.45, 2.75) is 50.1 Å². The second-order valence-electron chi connectivity index (χ2n) is 10.2. The van der Waals surface area contributed by atoms with Gasteiger partial charge in [-0.25, -0.2) is 0 Å². The van der Waals surface area contributed by atoms with Crippen LogP contribution in [0.25, 0.3) is 0 Å². The minimum atomic E-state index is -0.353. The smallest absolute Gasteiger partial charge is 0.231 e. The summed E-state index contributed by atoms with van der Waals surface area (Å²) in [4.78, 5) is 15.9.